The van der Waals surface area contributed by atoms with Crippen molar-refractivity contribution in [2.75, 3.05) is 19.5 Å². The van der Waals surface area contributed by atoms with E-state index >= 15 is 0 Å². The van der Waals surface area contributed by atoms with Crippen LogP contribution >= 0.6 is 15.9 Å². The third kappa shape index (κ3) is 2.98. The maximum Gasteiger partial charge on any atom is 0.258 e. The van der Waals surface area contributed by atoms with Crippen molar-refractivity contribution in [2.45, 2.75) is 0 Å². The lowest BCUT2D eigenvalue weighted by atomic mass is 10.3. The van der Waals surface area contributed by atoms with Gasteiger partial charge in [0.1, 0.15) is 11.5 Å². The van der Waals surface area contributed by atoms with Gasteiger partial charge in [-0.1, -0.05) is 0 Å². The van der Waals surface area contributed by atoms with E-state index in [0.717, 1.165) is 0 Å². The number of hydrogen-bond donors (Lipinski definition) is 1. The van der Waals surface area contributed by atoms with Gasteiger partial charge in [-0.15, -0.1) is 0 Å². The highest BCUT2D eigenvalue weighted by molar-refractivity contribution is 9.10. The third-order valence-electron chi connectivity index (χ3n) is 2.48. The maximum atomic E-state index is 13.6. The predicted molar refractivity (Wildman–Crippen MR) is 74.5 cm³/mol. The van der Waals surface area contributed by atoms with Gasteiger partial charge < -0.3 is 14.8 Å². The average molecular weight is 345 g/mol. The second kappa shape index (κ2) is 6.04. The van der Waals surface area contributed by atoms with Crippen molar-refractivity contribution in [1.29, 1.82) is 0 Å². The summed E-state index contributed by atoms with van der Waals surface area (Å²) >= 11 is 3.28. The normalized spacial score (nSPS) is 10.2. The number of aromatic nitrogens is 1. The molecule has 0 atom stereocenters. The number of pyridine rings is 1. The fourth-order valence-corrected chi connectivity index (χ4v) is 1.93. The van der Waals surface area contributed by atoms with Crippen LogP contribution in [0.1, 0.15) is 0 Å². The van der Waals surface area contributed by atoms with E-state index in [1.165, 1.54) is 14.2 Å². The van der Waals surface area contributed by atoms with Crippen LogP contribution in [0.2, 0.25) is 0 Å². The lowest BCUT2D eigenvalue weighted by Gasteiger charge is -2.10. The van der Waals surface area contributed by atoms with E-state index < -0.39 is 11.6 Å². The van der Waals surface area contributed by atoms with Crippen LogP contribution in [0.5, 0.6) is 17.4 Å². The number of nitrogens with zero attached hydrogens (tertiary/aromatic N) is 1. The van der Waals surface area contributed by atoms with Crippen molar-refractivity contribution >= 4 is 21.7 Å². The van der Waals surface area contributed by atoms with Gasteiger partial charge in [0.05, 0.1) is 11.6 Å². The molecule has 106 valence electrons. The molecule has 1 N–H and O–H groups in total. The van der Waals surface area contributed by atoms with Gasteiger partial charge in [0.15, 0.2) is 17.5 Å². The number of methoxy groups -OCH3 is 1. The molecule has 2 aromatic rings. The lowest BCUT2D eigenvalue weighted by molar-refractivity contribution is 0.404. The van der Waals surface area contributed by atoms with Gasteiger partial charge >= 0.3 is 0 Å². The number of halogens is 3. The molecule has 0 radical (unpaired) electrons. The Morgan fingerprint density at radius 3 is 2.55 bits per heavy atom. The first kappa shape index (κ1) is 14.5. The van der Waals surface area contributed by atoms with Gasteiger partial charge in [-0.2, -0.15) is 4.98 Å². The molecular formula is C13H11BrF2N2O2. The Balaban J connectivity index is 2.34. The summed E-state index contributed by atoms with van der Waals surface area (Å²) in [6.45, 7) is 0. The number of ether oxygens (including phenoxy) is 2. The Morgan fingerprint density at radius 2 is 1.95 bits per heavy atom. The molecule has 0 saturated carbocycles. The van der Waals surface area contributed by atoms with Crippen LogP contribution in [0.25, 0.3) is 0 Å². The monoisotopic (exact) mass is 344 g/mol. The Morgan fingerprint density at radius 1 is 1.20 bits per heavy atom. The third-order valence-corrected chi connectivity index (χ3v) is 3.10. The average Bonchev–Trinajstić information content (AvgIpc) is 2.43. The molecule has 0 unspecified atom stereocenters. The highest BCUT2D eigenvalue weighted by Crippen LogP contribution is 2.33. The van der Waals surface area contributed by atoms with Gasteiger partial charge in [0, 0.05) is 13.1 Å². The van der Waals surface area contributed by atoms with Crippen LogP contribution in [-0.2, 0) is 0 Å². The fraction of sp³-hybridized carbons (Fsp3) is 0.154. The molecule has 0 aliphatic heterocycles. The Kier molecular flexibility index (Phi) is 4.39. The summed E-state index contributed by atoms with van der Waals surface area (Å²) in [6, 6.07) is 5.62. The topological polar surface area (TPSA) is 43.4 Å². The molecule has 2 rings (SSSR count). The molecule has 1 aromatic heterocycles. The van der Waals surface area contributed by atoms with Gasteiger partial charge in [0.2, 0.25) is 0 Å². The fourth-order valence-electron chi connectivity index (χ4n) is 1.49. The molecule has 7 heteroatoms. The van der Waals surface area contributed by atoms with E-state index in [-0.39, 0.29) is 11.7 Å². The van der Waals surface area contributed by atoms with Crippen molar-refractivity contribution in [1.82, 2.24) is 4.98 Å². The van der Waals surface area contributed by atoms with Crippen molar-refractivity contribution in [2.24, 2.45) is 0 Å². The van der Waals surface area contributed by atoms with Crippen molar-refractivity contribution in [3.05, 3.63) is 40.4 Å². The van der Waals surface area contributed by atoms with Gasteiger partial charge in [-0.3, -0.25) is 0 Å². The highest BCUT2D eigenvalue weighted by atomic mass is 79.9. The minimum absolute atomic E-state index is 0.0916. The van der Waals surface area contributed by atoms with Gasteiger partial charge in [-0.25, -0.2) is 8.78 Å². The number of benzene rings is 1. The molecule has 1 heterocycles. The van der Waals surface area contributed by atoms with Crippen LogP contribution in [0.15, 0.2) is 28.7 Å². The molecule has 0 spiro atoms. The van der Waals surface area contributed by atoms with Crippen LogP contribution in [0.4, 0.5) is 14.6 Å². The summed E-state index contributed by atoms with van der Waals surface area (Å²) in [5.74, 6) is -1.12. The summed E-state index contributed by atoms with van der Waals surface area (Å²) in [7, 11) is 3.01. The molecule has 0 aliphatic carbocycles. The molecule has 0 fully saturated rings. The van der Waals surface area contributed by atoms with E-state index in [0.29, 0.717) is 22.0 Å². The van der Waals surface area contributed by atoms with E-state index in [4.69, 9.17) is 9.47 Å². The predicted octanol–water partition coefficient (Wildman–Crippen LogP) is 3.96. The van der Waals surface area contributed by atoms with Crippen LogP contribution in [0.3, 0.4) is 0 Å². The van der Waals surface area contributed by atoms with E-state index in [2.05, 4.69) is 26.2 Å². The maximum absolute atomic E-state index is 13.6. The molecule has 20 heavy (non-hydrogen) atoms. The largest absolute Gasteiger partial charge is 0.497 e. The molecule has 4 nitrogen and oxygen atoms in total. The molecule has 0 amide bonds. The summed E-state index contributed by atoms with van der Waals surface area (Å²) < 4.78 is 37.9. The zero-order valence-corrected chi connectivity index (χ0v) is 12.3. The smallest absolute Gasteiger partial charge is 0.258 e. The number of anilines is 1. The summed E-state index contributed by atoms with van der Waals surface area (Å²) in [4.78, 5) is 3.73. The molecule has 0 bridgehead atoms. The Labute approximate surface area is 122 Å². The Hall–Kier alpha value is -1.89. The van der Waals surface area contributed by atoms with Crippen molar-refractivity contribution < 1.29 is 18.3 Å². The van der Waals surface area contributed by atoms with Crippen molar-refractivity contribution in [3.8, 4) is 17.4 Å². The van der Waals surface area contributed by atoms with E-state index in [9.17, 15) is 8.78 Å². The van der Waals surface area contributed by atoms with E-state index in [1.54, 1.807) is 18.2 Å². The van der Waals surface area contributed by atoms with Crippen LogP contribution in [0, 0.1) is 11.6 Å². The quantitative estimate of drug-likeness (QED) is 0.911. The summed E-state index contributed by atoms with van der Waals surface area (Å²) in [6.07, 6.45) is 0. The number of rotatable bonds is 4. The number of nitrogens with one attached hydrogen (secondary N) is 1. The zero-order chi connectivity index (χ0) is 14.7. The number of hydrogen-bond acceptors (Lipinski definition) is 4. The first-order chi connectivity index (χ1) is 9.55. The zero-order valence-electron chi connectivity index (χ0n) is 10.7. The Bertz CT molecular complexity index is 638. The second-order valence-electron chi connectivity index (χ2n) is 3.75. The van der Waals surface area contributed by atoms with Gasteiger partial charge in [-0.05, 0) is 34.1 Å². The van der Waals surface area contributed by atoms with Gasteiger partial charge in [0.25, 0.3) is 5.88 Å². The minimum Gasteiger partial charge on any atom is -0.497 e. The molecule has 0 aliphatic rings. The first-order valence-electron chi connectivity index (χ1n) is 5.60. The SMILES string of the molecule is CNc1nc(Oc2ccc(OC)cc2Br)c(F)cc1F. The lowest BCUT2D eigenvalue weighted by Crippen LogP contribution is -2.01. The minimum atomic E-state index is -0.885. The highest BCUT2D eigenvalue weighted by Gasteiger charge is 2.14. The standard InChI is InChI=1S/C13H11BrF2N2O2/c1-17-12-9(15)6-10(16)13(18-12)20-11-4-3-7(19-2)5-8(11)14/h3-6H,1-2H3,(H,17,18). The van der Waals surface area contributed by atoms with E-state index in [1.807, 2.05) is 0 Å². The van der Waals surface area contributed by atoms with Crippen molar-refractivity contribution in [3.63, 3.8) is 0 Å². The van der Waals surface area contributed by atoms with Crippen LogP contribution in [-0.4, -0.2) is 19.1 Å². The summed E-state index contributed by atoms with van der Waals surface area (Å²) in [5, 5.41) is 2.52. The second-order valence-corrected chi connectivity index (χ2v) is 4.61. The molecule has 0 saturated heterocycles. The van der Waals surface area contributed by atoms with Crippen LogP contribution < -0.4 is 14.8 Å². The molecular weight excluding hydrogens is 334 g/mol. The summed E-state index contributed by atoms with van der Waals surface area (Å²) in [5.41, 5.74) is 0. The first-order valence-corrected chi connectivity index (χ1v) is 6.39. The molecule has 1 aromatic carbocycles.